The van der Waals surface area contributed by atoms with E-state index in [1.54, 1.807) is 36.2 Å². The van der Waals surface area contributed by atoms with Crippen molar-refractivity contribution in [3.63, 3.8) is 0 Å². The van der Waals surface area contributed by atoms with E-state index in [2.05, 4.69) is 34.6 Å². The van der Waals surface area contributed by atoms with E-state index in [4.69, 9.17) is 9.72 Å². The lowest BCUT2D eigenvalue weighted by molar-refractivity contribution is 0.102. The standard InChI is InChI=1S/C29H30N6O3/c1-5-18-8-7-9-19(6-2)24(18)32-28(37)26-21-12-11-20-15-30-29(33-25(20)27(21)35(3)34-26)31-22-13-10-17(16-36)14-23(22)38-4/h7-10,13-16H,5-6,11-12H2,1-4H3,(H,32,37)(H,30,31,33). The second kappa shape index (κ2) is 10.5. The molecule has 0 saturated heterocycles. The fourth-order valence-electron chi connectivity index (χ4n) is 4.98. The molecule has 4 aromatic rings. The predicted molar refractivity (Wildman–Crippen MR) is 146 cm³/mol. The number of benzene rings is 2. The van der Waals surface area contributed by atoms with E-state index in [0.29, 0.717) is 41.5 Å². The number of ether oxygens (including phenoxy) is 1. The summed E-state index contributed by atoms with van der Waals surface area (Å²) >= 11 is 0. The topological polar surface area (TPSA) is 111 Å². The molecule has 2 N–H and O–H groups in total. The van der Waals surface area contributed by atoms with Crippen molar-refractivity contribution in [3.05, 3.63) is 76.1 Å². The maximum Gasteiger partial charge on any atom is 0.276 e. The second-order valence-corrected chi connectivity index (χ2v) is 9.18. The Bertz CT molecular complexity index is 1520. The molecule has 194 valence electrons. The fourth-order valence-corrected chi connectivity index (χ4v) is 4.98. The molecule has 0 radical (unpaired) electrons. The van der Waals surface area contributed by atoms with Gasteiger partial charge in [-0.15, -0.1) is 0 Å². The maximum atomic E-state index is 13.5. The molecule has 38 heavy (non-hydrogen) atoms. The number of carbonyl (C=O) groups excluding carboxylic acids is 2. The predicted octanol–water partition coefficient (Wildman–Crippen LogP) is 4.92. The maximum absolute atomic E-state index is 13.5. The number of fused-ring (bicyclic) bond motifs is 3. The molecule has 5 rings (SSSR count). The number of anilines is 3. The van der Waals surface area contributed by atoms with E-state index in [9.17, 15) is 9.59 Å². The van der Waals surface area contributed by atoms with Gasteiger partial charge in [0.15, 0.2) is 5.69 Å². The molecular weight excluding hydrogens is 480 g/mol. The van der Waals surface area contributed by atoms with Crippen LogP contribution in [0, 0.1) is 0 Å². The van der Waals surface area contributed by atoms with E-state index < -0.39 is 0 Å². The average molecular weight is 511 g/mol. The van der Waals surface area contributed by atoms with Crippen LogP contribution in [0.5, 0.6) is 5.75 Å². The summed E-state index contributed by atoms with van der Waals surface area (Å²) in [7, 11) is 3.37. The van der Waals surface area contributed by atoms with Crippen LogP contribution in [0.3, 0.4) is 0 Å². The Morgan fingerprint density at radius 2 is 1.89 bits per heavy atom. The molecule has 0 bridgehead atoms. The van der Waals surface area contributed by atoms with E-state index >= 15 is 0 Å². The van der Waals surface area contributed by atoms with Gasteiger partial charge in [-0.25, -0.2) is 9.97 Å². The van der Waals surface area contributed by atoms with Crippen LogP contribution in [0.15, 0.2) is 42.6 Å². The van der Waals surface area contributed by atoms with Crippen LogP contribution in [0.1, 0.15) is 56.9 Å². The molecule has 0 spiro atoms. The average Bonchev–Trinajstić information content (AvgIpc) is 3.30. The zero-order valence-corrected chi connectivity index (χ0v) is 22.0. The molecule has 1 aliphatic carbocycles. The molecule has 2 aromatic heterocycles. The van der Waals surface area contributed by atoms with Gasteiger partial charge in [-0.2, -0.15) is 5.10 Å². The Hall–Kier alpha value is -4.53. The van der Waals surface area contributed by atoms with E-state index in [1.807, 2.05) is 25.2 Å². The molecule has 9 nitrogen and oxygen atoms in total. The van der Waals surface area contributed by atoms with E-state index in [1.165, 1.54) is 0 Å². The highest BCUT2D eigenvalue weighted by Crippen LogP contribution is 2.35. The van der Waals surface area contributed by atoms with Crippen molar-refractivity contribution in [2.24, 2.45) is 7.05 Å². The van der Waals surface area contributed by atoms with Gasteiger partial charge in [-0.3, -0.25) is 14.3 Å². The third-order valence-electron chi connectivity index (χ3n) is 6.94. The summed E-state index contributed by atoms with van der Waals surface area (Å²) < 4.78 is 7.15. The molecule has 0 aliphatic heterocycles. The minimum absolute atomic E-state index is 0.215. The fraction of sp³-hybridized carbons (Fsp3) is 0.276. The van der Waals surface area contributed by atoms with Crippen molar-refractivity contribution in [2.75, 3.05) is 17.7 Å². The van der Waals surface area contributed by atoms with Crippen LogP contribution >= 0.6 is 0 Å². The molecule has 1 amide bonds. The summed E-state index contributed by atoms with van der Waals surface area (Å²) in [5, 5.41) is 11.0. The SMILES string of the molecule is CCc1cccc(CC)c1NC(=O)c1nn(C)c2c1CCc1cnc(Nc3ccc(C=O)cc3OC)nc1-2. The Labute approximate surface area is 221 Å². The molecule has 0 saturated carbocycles. The Kier molecular flexibility index (Phi) is 6.91. The first-order valence-corrected chi connectivity index (χ1v) is 12.7. The molecule has 2 aromatic carbocycles. The highest BCUT2D eigenvalue weighted by Gasteiger charge is 2.29. The zero-order chi connectivity index (χ0) is 26.8. The van der Waals surface area contributed by atoms with Crippen molar-refractivity contribution < 1.29 is 14.3 Å². The quantitative estimate of drug-likeness (QED) is 0.324. The van der Waals surface area contributed by atoms with Gasteiger partial charge in [0.1, 0.15) is 12.0 Å². The Balaban J connectivity index is 1.49. The van der Waals surface area contributed by atoms with Gasteiger partial charge >= 0.3 is 0 Å². The Morgan fingerprint density at radius 3 is 2.58 bits per heavy atom. The van der Waals surface area contributed by atoms with Gasteiger partial charge in [-0.05, 0) is 60.6 Å². The summed E-state index contributed by atoms with van der Waals surface area (Å²) in [6.45, 7) is 4.17. The van der Waals surface area contributed by atoms with E-state index in [-0.39, 0.29) is 5.91 Å². The normalized spacial score (nSPS) is 11.9. The number of amides is 1. The first-order valence-electron chi connectivity index (χ1n) is 12.7. The largest absolute Gasteiger partial charge is 0.495 e. The highest BCUT2D eigenvalue weighted by atomic mass is 16.5. The summed E-state index contributed by atoms with van der Waals surface area (Å²) in [5.74, 6) is 0.675. The van der Waals surface area contributed by atoms with Crippen LogP contribution in [-0.4, -0.2) is 39.1 Å². The first-order chi connectivity index (χ1) is 18.5. The third-order valence-corrected chi connectivity index (χ3v) is 6.94. The lowest BCUT2D eigenvalue weighted by atomic mass is 9.93. The highest BCUT2D eigenvalue weighted by molar-refractivity contribution is 6.06. The van der Waals surface area contributed by atoms with Crippen molar-refractivity contribution in [1.29, 1.82) is 0 Å². The summed E-state index contributed by atoms with van der Waals surface area (Å²) in [4.78, 5) is 33.9. The van der Waals surface area contributed by atoms with Crippen molar-refractivity contribution in [1.82, 2.24) is 19.7 Å². The van der Waals surface area contributed by atoms with Gasteiger partial charge in [0.25, 0.3) is 5.91 Å². The summed E-state index contributed by atoms with van der Waals surface area (Å²) in [6, 6.07) is 11.2. The number of aromatic nitrogens is 4. The van der Waals surface area contributed by atoms with E-state index in [0.717, 1.165) is 58.5 Å². The van der Waals surface area contributed by atoms with Crippen LogP contribution in [-0.2, 0) is 32.7 Å². The van der Waals surface area contributed by atoms with Crippen LogP contribution in [0.25, 0.3) is 11.4 Å². The van der Waals surface area contributed by atoms with Crippen LogP contribution < -0.4 is 15.4 Å². The molecule has 0 atom stereocenters. The lowest BCUT2D eigenvalue weighted by Gasteiger charge is -2.18. The number of hydrogen-bond donors (Lipinski definition) is 2. The number of nitrogens with one attached hydrogen (secondary N) is 2. The first kappa shape index (κ1) is 25.1. The molecule has 0 fully saturated rings. The lowest BCUT2D eigenvalue weighted by Crippen LogP contribution is -2.18. The number of hydrogen-bond acceptors (Lipinski definition) is 7. The van der Waals surface area contributed by atoms with Crippen molar-refractivity contribution in [2.45, 2.75) is 39.5 Å². The van der Waals surface area contributed by atoms with Crippen molar-refractivity contribution in [3.8, 4) is 17.1 Å². The third kappa shape index (κ3) is 4.51. The van der Waals surface area contributed by atoms with Crippen LogP contribution in [0.4, 0.5) is 17.3 Å². The molecule has 0 unspecified atom stereocenters. The van der Waals surface area contributed by atoms with Gasteiger partial charge in [0, 0.05) is 30.1 Å². The van der Waals surface area contributed by atoms with Crippen molar-refractivity contribution >= 4 is 29.5 Å². The molecular formula is C29H30N6O3. The number of nitrogens with zero attached hydrogens (tertiary/aromatic N) is 4. The minimum Gasteiger partial charge on any atom is -0.495 e. The smallest absolute Gasteiger partial charge is 0.276 e. The van der Waals surface area contributed by atoms with Gasteiger partial charge in [-0.1, -0.05) is 32.0 Å². The number of aryl methyl sites for hydroxylation is 4. The number of methoxy groups -OCH3 is 1. The minimum atomic E-state index is -0.215. The summed E-state index contributed by atoms with van der Waals surface area (Å²) in [6.07, 6.45) is 5.60. The summed E-state index contributed by atoms with van der Waals surface area (Å²) in [5.41, 5.74) is 8.07. The molecule has 2 heterocycles. The number of carbonyl (C=O) groups is 2. The Morgan fingerprint density at radius 1 is 1.13 bits per heavy atom. The number of aldehydes is 1. The van der Waals surface area contributed by atoms with Crippen LogP contribution in [0.2, 0.25) is 0 Å². The monoisotopic (exact) mass is 510 g/mol. The number of rotatable bonds is 8. The molecule has 9 heteroatoms. The number of para-hydroxylation sites is 1. The zero-order valence-electron chi connectivity index (χ0n) is 22.0. The molecule has 1 aliphatic rings. The van der Waals surface area contributed by atoms with Gasteiger partial charge < -0.3 is 15.4 Å². The van der Waals surface area contributed by atoms with Gasteiger partial charge in [0.05, 0.1) is 24.2 Å². The second-order valence-electron chi connectivity index (χ2n) is 9.18. The van der Waals surface area contributed by atoms with Gasteiger partial charge in [0.2, 0.25) is 5.95 Å².